The Balaban J connectivity index is 1.98. The predicted molar refractivity (Wildman–Crippen MR) is 60.8 cm³/mol. The van der Waals surface area contributed by atoms with Crippen LogP contribution >= 0.6 is 0 Å². The van der Waals surface area contributed by atoms with Crippen molar-refractivity contribution in [1.29, 1.82) is 0 Å². The first kappa shape index (κ1) is 12.0. The summed E-state index contributed by atoms with van der Waals surface area (Å²) in [5.74, 6) is 0.700. The molecule has 0 aromatic heterocycles. The van der Waals surface area contributed by atoms with Gasteiger partial charge in [0.15, 0.2) is 11.5 Å². The topological polar surface area (TPSA) is 64.6 Å². The van der Waals surface area contributed by atoms with Gasteiger partial charge in [0, 0.05) is 18.3 Å². The predicted octanol–water partition coefficient (Wildman–Crippen LogP) is 1.17. The van der Waals surface area contributed by atoms with Gasteiger partial charge in [0.25, 0.3) is 0 Å². The van der Waals surface area contributed by atoms with E-state index in [1.54, 1.807) is 18.2 Å². The minimum Gasteiger partial charge on any atom is -0.486 e. The van der Waals surface area contributed by atoms with Crippen LogP contribution in [0.1, 0.15) is 0 Å². The van der Waals surface area contributed by atoms with Crippen molar-refractivity contribution in [2.45, 2.75) is 0 Å². The maximum atomic E-state index is 12.3. The highest BCUT2D eigenvalue weighted by atomic mass is 32.3. The lowest BCUT2D eigenvalue weighted by Gasteiger charge is -2.19. The number of ether oxygens (including phenoxy) is 2. The fraction of sp³-hybridized carbons (Fsp3) is 0.400. The molecule has 1 aliphatic heterocycles. The maximum Gasteiger partial charge on any atom is 0.304 e. The lowest BCUT2D eigenvalue weighted by molar-refractivity contribution is 0.171. The Bertz CT molecular complexity index is 503. The molecule has 1 aromatic carbocycles. The molecular weight excluding hydrogens is 249 g/mol. The van der Waals surface area contributed by atoms with Gasteiger partial charge in [-0.15, -0.1) is 3.89 Å². The zero-order valence-corrected chi connectivity index (χ0v) is 9.80. The van der Waals surface area contributed by atoms with E-state index in [0.717, 1.165) is 0 Å². The van der Waals surface area contributed by atoms with Crippen LogP contribution in [0, 0.1) is 0 Å². The molecule has 17 heavy (non-hydrogen) atoms. The normalized spacial score (nSPS) is 14.4. The molecule has 5 nitrogen and oxygen atoms in total. The smallest absolute Gasteiger partial charge is 0.304 e. The largest absolute Gasteiger partial charge is 0.486 e. The van der Waals surface area contributed by atoms with E-state index in [-0.39, 0.29) is 6.54 Å². The average molecular weight is 261 g/mol. The summed E-state index contributed by atoms with van der Waals surface area (Å²) in [5.41, 5.74) is 0.665. The molecule has 0 saturated heterocycles. The van der Waals surface area contributed by atoms with Crippen molar-refractivity contribution in [3.63, 3.8) is 0 Å². The fourth-order valence-corrected chi connectivity index (χ4v) is 1.82. The van der Waals surface area contributed by atoms with Crippen LogP contribution in [-0.2, 0) is 10.2 Å². The number of rotatable bonds is 4. The Morgan fingerprint density at radius 1 is 1.24 bits per heavy atom. The van der Waals surface area contributed by atoms with Crippen LogP contribution in [0.5, 0.6) is 11.5 Å². The Morgan fingerprint density at radius 3 is 2.65 bits per heavy atom. The molecule has 1 heterocycles. The standard InChI is InChI=1S/C10H12FNO4S/c11-17(13,14)6-3-12-8-1-2-9-10(7-8)16-5-4-15-9/h1-2,7,12H,3-6H2. The van der Waals surface area contributed by atoms with Crippen LogP contribution in [0.3, 0.4) is 0 Å². The highest BCUT2D eigenvalue weighted by Crippen LogP contribution is 2.32. The minimum absolute atomic E-state index is 0.0124. The molecule has 0 bridgehead atoms. The zero-order chi connectivity index (χ0) is 12.3. The van der Waals surface area contributed by atoms with Crippen molar-refractivity contribution < 1.29 is 21.8 Å². The molecule has 7 heteroatoms. The highest BCUT2D eigenvalue weighted by molar-refractivity contribution is 7.86. The molecule has 1 aliphatic rings. The van der Waals surface area contributed by atoms with Gasteiger partial charge in [0.2, 0.25) is 0 Å². The minimum atomic E-state index is -4.43. The van der Waals surface area contributed by atoms with Crippen molar-refractivity contribution in [3.05, 3.63) is 18.2 Å². The molecule has 2 rings (SSSR count). The van der Waals surface area contributed by atoms with E-state index >= 15 is 0 Å². The van der Waals surface area contributed by atoms with Gasteiger partial charge in [-0.1, -0.05) is 0 Å². The van der Waals surface area contributed by atoms with Crippen LogP contribution < -0.4 is 14.8 Å². The van der Waals surface area contributed by atoms with E-state index in [0.29, 0.717) is 30.4 Å². The third-order valence-electron chi connectivity index (χ3n) is 2.22. The van der Waals surface area contributed by atoms with Crippen LogP contribution in [0.2, 0.25) is 0 Å². The lowest BCUT2D eigenvalue weighted by Crippen LogP contribution is -2.16. The quantitative estimate of drug-likeness (QED) is 0.824. The summed E-state index contributed by atoms with van der Waals surface area (Å²) in [6.07, 6.45) is 0. The van der Waals surface area contributed by atoms with Gasteiger partial charge >= 0.3 is 10.2 Å². The third-order valence-corrected chi connectivity index (χ3v) is 2.91. The summed E-state index contributed by atoms with van der Waals surface area (Å²) in [4.78, 5) is 0. The average Bonchev–Trinajstić information content (AvgIpc) is 2.27. The molecule has 0 amide bonds. The van der Waals surface area contributed by atoms with E-state index in [4.69, 9.17) is 9.47 Å². The van der Waals surface area contributed by atoms with Gasteiger partial charge in [-0.2, -0.15) is 8.42 Å². The molecule has 0 radical (unpaired) electrons. The van der Waals surface area contributed by atoms with E-state index in [9.17, 15) is 12.3 Å². The molecule has 0 saturated carbocycles. The first-order chi connectivity index (χ1) is 8.04. The van der Waals surface area contributed by atoms with Crippen LogP contribution in [-0.4, -0.2) is 33.9 Å². The number of hydrogen-bond acceptors (Lipinski definition) is 5. The van der Waals surface area contributed by atoms with Crippen molar-refractivity contribution in [1.82, 2.24) is 0 Å². The fourth-order valence-electron chi connectivity index (χ4n) is 1.47. The summed E-state index contributed by atoms with van der Waals surface area (Å²) in [7, 11) is -4.43. The van der Waals surface area contributed by atoms with Gasteiger partial charge in [0.05, 0.1) is 5.75 Å². The molecule has 0 aliphatic carbocycles. The Labute approximate surface area is 98.7 Å². The second-order valence-electron chi connectivity index (χ2n) is 3.53. The van der Waals surface area contributed by atoms with Crippen LogP contribution in [0.4, 0.5) is 9.57 Å². The number of fused-ring (bicyclic) bond motifs is 1. The van der Waals surface area contributed by atoms with Gasteiger partial charge in [0.1, 0.15) is 13.2 Å². The molecule has 1 N–H and O–H groups in total. The Morgan fingerprint density at radius 2 is 1.94 bits per heavy atom. The zero-order valence-electron chi connectivity index (χ0n) is 8.98. The van der Waals surface area contributed by atoms with E-state index < -0.39 is 16.0 Å². The first-order valence-corrected chi connectivity index (χ1v) is 6.66. The molecule has 94 valence electrons. The number of hydrogen-bond donors (Lipinski definition) is 1. The lowest BCUT2D eigenvalue weighted by atomic mass is 10.2. The summed E-state index contributed by atoms with van der Waals surface area (Å²) in [5, 5.41) is 2.80. The van der Waals surface area contributed by atoms with Gasteiger partial charge < -0.3 is 14.8 Å². The van der Waals surface area contributed by atoms with Crippen molar-refractivity contribution in [3.8, 4) is 11.5 Å². The van der Waals surface area contributed by atoms with Gasteiger partial charge in [-0.05, 0) is 12.1 Å². The van der Waals surface area contributed by atoms with E-state index in [1.165, 1.54) is 0 Å². The Hall–Kier alpha value is -1.50. The first-order valence-electron chi connectivity index (χ1n) is 5.10. The van der Waals surface area contributed by atoms with Crippen molar-refractivity contribution >= 4 is 15.9 Å². The number of benzene rings is 1. The molecule has 0 fully saturated rings. The second-order valence-corrected chi connectivity index (χ2v) is 5.01. The maximum absolute atomic E-state index is 12.3. The summed E-state index contributed by atoms with van der Waals surface area (Å²) >= 11 is 0. The Kier molecular flexibility index (Phi) is 3.37. The summed E-state index contributed by atoms with van der Waals surface area (Å²) in [6, 6.07) is 5.14. The van der Waals surface area contributed by atoms with Crippen molar-refractivity contribution in [2.24, 2.45) is 0 Å². The third kappa shape index (κ3) is 3.48. The monoisotopic (exact) mass is 261 g/mol. The second kappa shape index (κ2) is 4.79. The molecular formula is C10H12FNO4S. The molecule has 0 unspecified atom stereocenters. The summed E-state index contributed by atoms with van der Waals surface area (Å²) < 4.78 is 43.5. The number of halogens is 1. The number of nitrogens with one attached hydrogen (secondary N) is 1. The summed E-state index contributed by atoms with van der Waals surface area (Å²) in [6.45, 7) is 1.01. The van der Waals surface area contributed by atoms with Gasteiger partial charge in [-0.25, -0.2) is 0 Å². The van der Waals surface area contributed by atoms with Crippen molar-refractivity contribution in [2.75, 3.05) is 30.8 Å². The molecule has 1 aromatic rings. The van der Waals surface area contributed by atoms with Crippen LogP contribution in [0.25, 0.3) is 0 Å². The number of anilines is 1. The van der Waals surface area contributed by atoms with E-state index in [2.05, 4.69) is 5.32 Å². The highest BCUT2D eigenvalue weighted by Gasteiger charge is 2.12. The molecule has 0 atom stereocenters. The molecule has 0 spiro atoms. The van der Waals surface area contributed by atoms with Crippen LogP contribution in [0.15, 0.2) is 18.2 Å². The van der Waals surface area contributed by atoms with E-state index in [1.807, 2.05) is 0 Å². The van der Waals surface area contributed by atoms with Gasteiger partial charge in [-0.3, -0.25) is 0 Å². The SMILES string of the molecule is O=S(=O)(F)CCNc1ccc2c(c1)OCCO2.